The lowest BCUT2D eigenvalue weighted by Gasteiger charge is -2.07. The molecule has 0 saturated carbocycles. The fourth-order valence-electron chi connectivity index (χ4n) is 1.52. The van der Waals surface area contributed by atoms with Crippen LogP contribution in [0.25, 0.3) is 0 Å². The highest BCUT2D eigenvalue weighted by atomic mass is 79.9. The van der Waals surface area contributed by atoms with Crippen molar-refractivity contribution in [1.82, 2.24) is 0 Å². The van der Waals surface area contributed by atoms with E-state index in [4.69, 9.17) is 5.26 Å². The molecule has 0 saturated heterocycles. The van der Waals surface area contributed by atoms with E-state index in [1.165, 1.54) is 12.1 Å². The highest BCUT2D eigenvalue weighted by Gasteiger charge is 2.11. The van der Waals surface area contributed by atoms with Crippen LogP contribution in [0.4, 0.5) is 5.69 Å². The van der Waals surface area contributed by atoms with Crippen molar-refractivity contribution in [3.8, 4) is 11.8 Å². The molecule has 0 aliphatic rings. The van der Waals surface area contributed by atoms with Crippen LogP contribution >= 0.6 is 15.9 Å². The number of benzene rings is 2. The van der Waals surface area contributed by atoms with Gasteiger partial charge in [-0.3, -0.25) is 4.79 Å². The van der Waals surface area contributed by atoms with Crippen LogP contribution in [0, 0.1) is 11.3 Å². The Bertz CT molecular complexity index is 660. The summed E-state index contributed by atoms with van der Waals surface area (Å²) >= 11 is 3.21. The summed E-state index contributed by atoms with van der Waals surface area (Å²) < 4.78 is 0.694. The molecule has 94 valence electrons. The van der Waals surface area contributed by atoms with Crippen molar-refractivity contribution in [2.45, 2.75) is 0 Å². The number of phenolic OH excluding ortho intramolecular Hbond substituents is 1. The second-order valence-electron chi connectivity index (χ2n) is 3.80. The van der Waals surface area contributed by atoms with Crippen LogP contribution in [-0.4, -0.2) is 11.0 Å². The second-order valence-corrected chi connectivity index (χ2v) is 4.72. The summed E-state index contributed by atoms with van der Waals surface area (Å²) in [5.74, 6) is -0.504. The van der Waals surface area contributed by atoms with Crippen molar-refractivity contribution in [2.24, 2.45) is 0 Å². The number of hydrogen-bond acceptors (Lipinski definition) is 3. The Labute approximate surface area is 118 Å². The van der Waals surface area contributed by atoms with Crippen LogP contribution in [0.5, 0.6) is 5.75 Å². The zero-order valence-corrected chi connectivity index (χ0v) is 11.3. The predicted octanol–water partition coefficient (Wildman–Crippen LogP) is 3.28. The number of rotatable bonds is 2. The number of nitriles is 1. The normalized spacial score (nSPS) is 9.68. The van der Waals surface area contributed by atoms with E-state index in [9.17, 15) is 9.90 Å². The topological polar surface area (TPSA) is 73.1 Å². The van der Waals surface area contributed by atoms with Crippen LogP contribution in [-0.2, 0) is 0 Å². The summed E-state index contributed by atoms with van der Waals surface area (Å²) in [5, 5.41) is 21.0. The highest BCUT2D eigenvalue weighted by molar-refractivity contribution is 9.10. The number of carbonyl (C=O) groups is 1. The molecule has 0 aliphatic heterocycles. The third-order valence-corrected chi connectivity index (χ3v) is 2.97. The monoisotopic (exact) mass is 316 g/mol. The van der Waals surface area contributed by atoms with Crippen molar-refractivity contribution in [2.75, 3.05) is 5.32 Å². The van der Waals surface area contributed by atoms with Crippen molar-refractivity contribution in [3.05, 3.63) is 58.1 Å². The Kier molecular flexibility index (Phi) is 3.83. The van der Waals surface area contributed by atoms with Crippen LogP contribution in [0.1, 0.15) is 15.9 Å². The lowest BCUT2D eigenvalue weighted by molar-refractivity contribution is 0.102. The summed E-state index contributed by atoms with van der Waals surface area (Å²) in [7, 11) is 0. The summed E-state index contributed by atoms with van der Waals surface area (Å²) in [5.41, 5.74) is 1.27. The Hall–Kier alpha value is -2.32. The highest BCUT2D eigenvalue weighted by Crippen LogP contribution is 2.23. The SMILES string of the molecule is N#Cc1ccc(NC(=O)c2ccc(Br)cc2O)cc1. The van der Waals surface area contributed by atoms with Crippen molar-refractivity contribution >= 4 is 27.5 Å². The van der Waals surface area contributed by atoms with Crippen LogP contribution < -0.4 is 5.32 Å². The van der Waals surface area contributed by atoms with E-state index in [0.29, 0.717) is 15.7 Å². The van der Waals surface area contributed by atoms with Crippen molar-refractivity contribution < 1.29 is 9.90 Å². The molecule has 0 heterocycles. The Balaban J connectivity index is 2.18. The molecule has 0 spiro atoms. The first kappa shape index (κ1) is 13.1. The maximum absolute atomic E-state index is 11.9. The van der Waals surface area contributed by atoms with Crippen molar-refractivity contribution in [3.63, 3.8) is 0 Å². The summed E-state index contributed by atoms with van der Waals surface area (Å²) in [6, 6.07) is 13.1. The molecule has 2 aromatic rings. The third-order valence-electron chi connectivity index (χ3n) is 2.48. The zero-order chi connectivity index (χ0) is 13.8. The Morgan fingerprint density at radius 1 is 1.21 bits per heavy atom. The van der Waals surface area contributed by atoms with Gasteiger partial charge in [0.25, 0.3) is 5.91 Å². The van der Waals surface area contributed by atoms with E-state index in [0.717, 1.165) is 0 Å². The molecule has 4 nitrogen and oxygen atoms in total. The Morgan fingerprint density at radius 2 is 1.89 bits per heavy atom. The molecule has 0 radical (unpaired) electrons. The van der Waals surface area contributed by atoms with Crippen LogP contribution in [0.2, 0.25) is 0 Å². The van der Waals surface area contributed by atoms with E-state index in [1.54, 1.807) is 30.3 Å². The molecule has 0 atom stereocenters. The molecule has 2 aromatic carbocycles. The predicted molar refractivity (Wildman–Crippen MR) is 74.9 cm³/mol. The van der Waals surface area contributed by atoms with Gasteiger partial charge in [-0.1, -0.05) is 15.9 Å². The minimum Gasteiger partial charge on any atom is -0.507 e. The zero-order valence-electron chi connectivity index (χ0n) is 9.72. The maximum Gasteiger partial charge on any atom is 0.259 e. The molecule has 2 rings (SSSR count). The van der Waals surface area contributed by atoms with E-state index >= 15 is 0 Å². The molecule has 0 unspecified atom stereocenters. The number of anilines is 1. The van der Waals surface area contributed by atoms with Gasteiger partial charge in [-0.25, -0.2) is 0 Å². The lowest BCUT2D eigenvalue weighted by Crippen LogP contribution is -2.11. The first-order chi connectivity index (χ1) is 9.10. The molecular weight excluding hydrogens is 308 g/mol. The van der Waals surface area contributed by atoms with E-state index < -0.39 is 5.91 Å². The van der Waals surface area contributed by atoms with Gasteiger partial charge >= 0.3 is 0 Å². The molecule has 5 heteroatoms. The largest absolute Gasteiger partial charge is 0.507 e. The van der Waals surface area contributed by atoms with Gasteiger partial charge in [0.1, 0.15) is 5.75 Å². The minimum absolute atomic E-state index is 0.0967. The van der Waals surface area contributed by atoms with Gasteiger partial charge in [-0.2, -0.15) is 5.26 Å². The van der Waals surface area contributed by atoms with Gasteiger partial charge in [-0.05, 0) is 42.5 Å². The summed E-state index contributed by atoms with van der Waals surface area (Å²) in [6.45, 7) is 0. The van der Waals surface area contributed by atoms with Crippen LogP contribution in [0.3, 0.4) is 0 Å². The molecule has 0 bridgehead atoms. The minimum atomic E-state index is -0.408. The van der Waals surface area contributed by atoms with Gasteiger partial charge < -0.3 is 10.4 Å². The number of amides is 1. The van der Waals surface area contributed by atoms with Gasteiger partial charge in [0, 0.05) is 10.2 Å². The second kappa shape index (κ2) is 5.55. The average Bonchev–Trinajstić information content (AvgIpc) is 2.39. The smallest absolute Gasteiger partial charge is 0.259 e. The number of aromatic hydroxyl groups is 1. The first-order valence-electron chi connectivity index (χ1n) is 5.40. The molecule has 19 heavy (non-hydrogen) atoms. The molecule has 1 amide bonds. The lowest BCUT2D eigenvalue weighted by atomic mass is 10.1. The van der Waals surface area contributed by atoms with E-state index in [-0.39, 0.29) is 11.3 Å². The molecule has 0 aliphatic carbocycles. The Morgan fingerprint density at radius 3 is 2.47 bits per heavy atom. The molecule has 2 N–H and O–H groups in total. The number of phenols is 1. The van der Waals surface area contributed by atoms with Crippen LogP contribution in [0.15, 0.2) is 46.9 Å². The summed E-state index contributed by atoms with van der Waals surface area (Å²) in [4.78, 5) is 11.9. The number of hydrogen-bond donors (Lipinski definition) is 2. The fourth-order valence-corrected chi connectivity index (χ4v) is 1.87. The number of nitrogens with one attached hydrogen (secondary N) is 1. The molecular formula is C14H9BrN2O2. The maximum atomic E-state index is 11.9. The van der Waals surface area contributed by atoms with Gasteiger partial charge in [0.2, 0.25) is 0 Å². The quantitative estimate of drug-likeness (QED) is 0.893. The van der Waals surface area contributed by atoms with Gasteiger partial charge in [0.05, 0.1) is 17.2 Å². The van der Waals surface area contributed by atoms with Crippen molar-refractivity contribution in [1.29, 1.82) is 5.26 Å². The van der Waals surface area contributed by atoms with Gasteiger partial charge in [0.15, 0.2) is 0 Å². The van der Waals surface area contributed by atoms with Gasteiger partial charge in [-0.15, -0.1) is 0 Å². The molecule has 0 fully saturated rings. The molecule has 0 aromatic heterocycles. The third kappa shape index (κ3) is 3.12. The van der Waals surface area contributed by atoms with E-state index in [1.807, 2.05) is 6.07 Å². The first-order valence-corrected chi connectivity index (χ1v) is 6.19. The fraction of sp³-hybridized carbons (Fsp3) is 0. The number of nitrogens with zero attached hydrogens (tertiary/aromatic N) is 1. The van der Waals surface area contributed by atoms with E-state index in [2.05, 4.69) is 21.2 Å². The number of carbonyl (C=O) groups excluding carboxylic acids is 1. The average molecular weight is 317 g/mol. The summed E-state index contributed by atoms with van der Waals surface area (Å²) in [6.07, 6.45) is 0. The number of halogens is 1. The standard InChI is InChI=1S/C14H9BrN2O2/c15-10-3-6-12(13(18)7-10)14(19)17-11-4-1-9(8-16)2-5-11/h1-7,18H,(H,17,19).